The molecule has 13 nitrogen and oxygen atoms in total. The van der Waals surface area contributed by atoms with Crippen LogP contribution in [0.4, 0.5) is 0 Å². The number of aliphatic carboxylic acids is 1. The van der Waals surface area contributed by atoms with Gasteiger partial charge in [-0.2, -0.15) is 0 Å². The fourth-order valence-corrected chi connectivity index (χ4v) is 3.42. The minimum absolute atomic E-state index is 0.00404. The molecule has 0 bridgehead atoms. The monoisotopic (exact) mass is 496 g/mol. The van der Waals surface area contributed by atoms with Crippen LogP contribution in [0, 0.1) is 0 Å². The van der Waals surface area contributed by atoms with E-state index in [1.54, 1.807) is 30.5 Å². The number of imidazole rings is 2. The summed E-state index contributed by atoms with van der Waals surface area (Å²) in [6.45, 7) is -0.479. The Morgan fingerprint density at radius 3 is 2.08 bits per heavy atom. The molecule has 0 aliphatic carbocycles. The van der Waals surface area contributed by atoms with Crippen LogP contribution in [0.15, 0.2) is 55.4 Å². The number of carboxylic acids is 1. The largest absolute Gasteiger partial charge is 0.480 e. The van der Waals surface area contributed by atoms with Crippen LogP contribution < -0.4 is 21.7 Å². The fourth-order valence-electron chi connectivity index (χ4n) is 3.42. The number of nitrogens with zero attached hydrogens (tertiary/aromatic N) is 2. The van der Waals surface area contributed by atoms with E-state index in [2.05, 4.69) is 35.9 Å². The number of aromatic amines is 2. The Morgan fingerprint density at radius 2 is 1.50 bits per heavy atom. The smallest absolute Gasteiger partial charge is 0.326 e. The Labute approximate surface area is 206 Å². The van der Waals surface area contributed by atoms with Crippen LogP contribution in [0.2, 0.25) is 0 Å². The average molecular weight is 497 g/mol. The number of hydrogen-bond acceptors (Lipinski definition) is 7. The number of rotatable bonds is 13. The topological polar surface area (TPSA) is 208 Å². The summed E-state index contributed by atoms with van der Waals surface area (Å²) in [5.41, 5.74) is 7.98. The van der Waals surface area contributed by atoms with E-state index < -0.39 is 48.4 Å². The summed E-state index contributed by atoms with van der Waals surface area (Å²) in [5.74, 6) is -3.09. The van der Waals surface area contributed by atoms with Crippen LogP contribution in [0.3, 0.4) is 0 Å². The molecule has 8 N–H and O–H groups in total. The quantitative estimate of drug-likeness (QED) is 0.150. The molecular formula is C23H28N8O5. The highest BCUT2D eigenvalue weighted by atomic mass is 16.4. The summed E-state index contributed by atoms with van der Waals surface area (Å²) in [6.07, 6.45) is 6.23. The number of carboxylic acid groups (broad SMARTS) is 1. The van der Waals surface area contributed by atoms with Gasteiger partial charge in [0.15, 0.2) is 0 Å². The first kappa shape index (κ1) is 26.1. The molecule has 3 rings (SSSR count). The number of nitrogens with one attached hydrogen (secondary N) is 5. The maximum Gasteiger partial charge on any atom is 0.326 e. The van der Waals surface area contributed by atoms with Crippen molar-refractivity contribution in [3.8, 4) is 0 Å². The van der Waals surface area contributed by atoms with Crippen LogP contribution in [-0.4, -0.2) is 73.4 Å². The molecular weight excluding hydrogens is 468 g/mol. The predicted octanol–water partition coefficient (Wildman–Crippen LogP) is -1.34. The Kier molecular flexibility index (Phi) is 9.28. The van der Waals surface area contributed by atoms with Gasteiger partial charge in [0, 0.05) is 43.0 Å². The van der Waals surface area contributed by atoms with E-state index in [9.17, 15) is 24.3 Å². The van der Waals surface area contributed by atoms with Gasteiger partial charge in [0.2, 0.25) is 17.7 Å². The number of carbonyl (C=O) groups excluding carboxylic acids is 3. The predicted molar refractivity (Wildman–Crippen MR) is 127 cm³/mol. The van der Waals surface area contributed by atoms with Crippen molar-refractivity contribution in [2.24, 2.45) is 5.73 Å². The molecule has 0 saturated carbocycles. The third-order valence-corrected chi connectivity index (χ3v) is 5.28. The van der Waals surface area contributed by atoms with E-state index in [0.29, 0.717) is 11.4 Å². The van der Waals surface area contributed by atoms with E-state index in [0.717, 1.165) is 5.56 Å². The Bertz CT molecular complexity index is 1130. The van der Waals surface area contributed by atoms with Gasteiger partial charge in [-0.05, 0) is 5.56 Å². The average Bonchev–Trinajstić information content (AvgIpc) is 3.56. The Hall–Kier alpha value is -4.52. The molecule has 0 saturated heterocycles. The highest BCUT2D eigenvalue weighted by Gasteiger charge is 2.26. The second-order valence-corrected chi connectivity index (χ2v) is 8.10. The minimum atomic E-state index is -1.23. The molecule has 0 fully saturated rings. The standard InChI is InChI=1S/C23H28N8O5/c24-17(7-15-9-25-12-28-15)21(33)31-18(6-14-4-2-1-3-5-14)22(34)27-11-20(32)30-19(23(35)36)8-16-10-26-13-29-16/h1-5,9-10,12-13,17-19H,6-8,11,24H2,(H,25,28)(H,26,29)(H,27,34)(H,30,32)(H,31,33)(H,35,36). The molecule has 0 aliphatic rings. The molecule has 0 spiro atoms. The summed E-state index contributed by atoms with van der Waals surface area (Å²) in [6, 6.07) is 5.87. The lowest BCUT2D eigenvalue weighted by Crippen LogP contribution is -2.54. The highest BCUT2D eigenvalue weighted by molar-refractivity contribution is 5.92. The summed E-state index contributed by atoms with van der Waals surface area (Å²) in [4.78, 5) is 62.8. The molecule has 3 atom stereocenters. The van der Waals surface area contributed by atoms with Crippen LogP contribution >= 0.6 is 0 Å². The SMILES string of the molecule is NC(Cc1cnc[nH]1)C(=O)NC(Cc1ccccc1)C(=O)NCC(=O)NC(Cc1cnc[nH]1)C(=O)O. The Balaban J connectivity index is 1.59. The third kappa shape index (κ3) is 8.06. The summed E-state index contributed by atoms with van der Waals surface area (Å²) < 4.78 is 0. The van der Waals surface area contributed by atoms with E-state index in [-0.39, 0.29) is 19.3 Å². The summed E-state index contributed by atoms with van der Waals surface area (Å²) in [7, 11) is 0. The van der Waals surface area contributed by atoms with Gasteiger partial charge in [-0.25, -0.2) is 14.8 Å². The van der Waals surface area contributed by atoms with Crippen molar-refractivity contribution in [1.29, 1.82) is 0 Å². The molecule has 3 aromatic rings. The van der Waals surface area contributed by atoms with E-state index in [4.69, 9.17) is 5.73 Å². The second-order valence-electron chi connectivity index (χ2n) is 8.10. The zero-order chi connectivity index (χ0) is 25.9. The van der Waals surface area contributed by atoms with Gasteiger partial charge in [-0.3, -0.25) is 14.4 Å². The van der Waals surface area contributed by atoms with E-state index in [1.807, 2.05) is 6.07 Å². The number of amides is 3. The van der Waals surface area contributed by atoms with Crippen LogP contribution in [0.1, 0.15) is 17.0 Å². The lowest BCUT2D eigenvalue weighted by Gasteiger charge is -2.21. The van der Waals surface area contributed by atoms with E-state index in [1.165, 1.54) is 18.9 Å². The van der Waals surface area contributed by atoms with Crippen molar-refractivity contribution in [2.75, 3.05) is 6.54 Å². The van der Waals surface area contributed by atoms with Crippen molar-refractivity contribution in [3.63, 3.8) is 0 Å². The van der Waals surface area contributed by atoms with Gasteiger partial charge >= 0.3 is 5.97 Å². The van der Waals surface area contributed by atoms with Crippen molar-refractivity contribution < 1.29 is 24.3 Å². The van der Waals surface area contributed by atoms with Crippen LogP contribution in [0.5, 0.6) is 0 Å². The summed E-state index contributed by atoms with van der Waals surface area (Å²) >= 11 is 0. The maximum atomic E-state index is 12.9. The normalized spacial score (nSPS) is 13.2. The first-order chi connectivity index (χ1) is 17.3. The molecule has 1 aromatic carbocycles. The first-order valence-corrected chi connectivity index (χ1v) is 11.2. The molecule has 3 unspecified atom stereocenters. The number of hydrogen-bond donors (Lipinski definition) is 7. The zero-order valence-electron chi connectivity index (χ0n) is 19.3. The lowest BCUT2D eigenvalue weighted by molar-refractivity contribution is -0.141. The highest BCUT2D eigenvalue weighted by Crippen LogP contribution is 2.05. The van der Waals surface area contributed by atoms with Gasteiger partial charge in [-0.1, -0.05) is 30.3 Å². The van der Waals surface area contributed by atoms with Crippen molar-refractivity contribution in [3.05, 3.63) is 72.3 Å². The van der Waals surface area contributed by atoms with Crippen molar-refractivity contribution in [1.82, 2.24) is 35.9 Å². The number of benzene rings is 1. The Morgan fingerprint density at radius 1 is 0.861 bits per heavy atom. The van der Waals surface area contributed by atoms with Crippen molar-refractivity contribution >= 4 is 23.7 Å². The van der Waals surface area contributed by atoms with E-state index >= 15 is 0 Å². The van der Waals surface area contributed by atoms with Gasteiger partial charge in [0.05, 0.1) is 25.2 Å². The number of carbonyl (C=O) groups is 4. The molecule has 2 heterocycles. The third-order valence-electron chi connectivity index (χ3n) is 5.28. The maximum absolute atomic E-state index is 12.9. The molecule has 36 heavy (non-hydrogen) atoms. The van der Waals surface area contributed by atoms with Crippen LogP contribution in [-0.2, 0) is 38.4 Å². The van der Waals surface area contributed by atoms with Crippen LogP contribution in [0.25, 0.3) is 0 Å². The first-order valence-electron chi connectivity index (χ1n) is 11.2. The van der Waals surface area contributed by atoms with Gasteiger partial charge < -0.3 is 36.8 Å². The fraction of sp³-hybridized carbons (Fsp3) is 0.304. The minimum Gasteiger partial charge on any atom is -0.480 e. The molecule has 190 valence electrons. The number of aromatic nitrogens is 4. The lowest BCUT2D eigenvalue weighted by atomic mass is 10.0. The number of H-pyrrole nitrogens is 2. The molecule has 0 aliphatic heterocycles. The van der Waals surface area contributed by atoms with Gasteiger partial charge in [0.1, 0.15) is 12.1 Å². The molecule has 13 heteroatoms. The molecule has 3 amide bonds. The van der Waals surface area contributed by atoms with Crippen molar-refractivity contribution in [2.45, 2.75) is 37.4 Å². The molecule has 0 radical (unpaired) electrons. The molecule has 2 aromatic heterocycles. The van der Waals surface area contributed by atoms with Gasteiger partial charge in [-0.15, -0.1) is 0 Å². The zero-order valence-corrected chi connectivity index (χ0v) is 19.3. The number of nitrogens with two attached hydrogens (primary N) is 1. The van der Waals surface area contributed by atoms with Gasteiger partial charge in [0.25, 0.3) is 0 Å². The second kappa shape index (κ2) is 12.8. The summed E-state index contributed by atoms with van der Waals surface area (Å²) in [5, 5.41) is 16.9.